The molecule has 1 amide bonds. The fraction of sp³-hybridized carbons (Fsp3) is 0.500. The van der Waals surface area contributed by atoms with Gasteiger partial charge >= 0.3 is 0 Å². The number of nitrogens with zero attached hydrogens (tertiary/aromatic N) is 1. The van der Waals surface area contributed by atoms with Gasteiger partial charge in [-0.3, -0.25) is 4.79 Å². The zero-order valence-electron chi connectivity index (χ0n) is 10.1. The normalized spacial score (nSPS) is 41.2. The number of rotatable bonds is 2. The maximum atomic E-state index is 11.5. The molecule has 0 N–H and O–H groups in total. The van der Waals surface area contributed by atoms with Gasteiger partial charge in [0.25, 0.3) is 0 Å². The first kappa shape index (κ1) is 11.2. The number of carbonyl (C=O) groups excluding carboxylic acids is 1. The van der Waals surface area contributed by atoms with Crippen LogP contribution in [0.15, 0.2) is 37.6 Å². The van der Waals surface area contributed by atoms with Crippen molar-refractivity contribution < 1.29 is 4.79 Å². The SMILES string of the molecule is C=CC1C(C)C2(C=C)CN(C(C)=O)C(=C)C12. The number of allylic oxidation sites excluding steroid dienone is 2. The summed E-state index contributed by atoms with van der Waals surface area (Å²) in [6.07, 6.45) is 4.00. The van der Waals surface area contributed by atoms with Gasteiger partial charge in [0.05, 0.1) is 0 Å². The van der Waals surface area contributed by atoms with Crippen molar-refractivity contribution in [3.8, 4) is 0 Å². The smallest absolute Gasteiger partial charge is 0.223 e. The third-order valence-corrected chi connectivity index (χ3v) is 4.56. The predicted octanol–water partition coefficient (Wildman–Crippen LogP) is 2.60. The van der Waals surface area contributed by atoms with Gasteiger partial charge in [0.1, 0.15) is 0 Å². The lowest BCUT2D eigenvalue weighted by Crippen LogP contribution is -2.52. The molecule has 1 heterocycles. The quantitative estimate of drug-likeness (QED) is 0.651. The van der Waals surface area contributed by atoms with Crippen LogP contribution in [0.5, 0.6) is 0 Å². The van der Waals surface area contributed by atoms with E-state index in [1.807, 2.05) is 12.2 Å². The van der Waals surface area contributed by atoms with Crippen molar-refractivity contribution in [2.45, 2.75) is 13.8 Å². The number of likely N-dealkylation sites (tertiary alicyclic amines) is 1. The second-order valence-electron chi connectivity index (χ2n) is 4.99. The number of hydrogen-bond acceptors (Lipinski definition) is 1. The van der Waals surface area contributed by atoms with E-state index in [4.69, 9.17) is 0 Å². The fourth-order valence-electron chi connectivity index (χ4n) is 3.52. The van der Waals surface area contributed by atoms with Crippen LogP contribution < -0.4 is 0 Å². The molecule has 1 aliphatic heterocycles. The minimum Gasteiger partial charge on any atom is -0.316 e. The van der Waals surface area contributed by atoms with E-state index in [9.17, 15) is 4.79 Å². The summed E-state index contributed by atoms with van der Waals surface area (Å²) in [6, 6.07) is 0. The summed E-state index contributed by atoms with van der Waals surface area (Å²) in [4.78, 5) is 13.3. The van der Waals surface area contributed by atoms with Gasteiger partial charge in [0.2, 0.25) is 5.91 Å². The molecule has 2 rings (SSSR count). The Morgan fingerprint density at radius 3 is 2.62 bits per heavy atom. The first-order valence-corrected chi connectivity index (χ1v) is 5.72. The van der Waals surface area contributed by atoms with E-state index < -0.39 is 0 Å². The van der Waals surface area contributed by atoms with Gasteiger partial charge in [0, 0.05) is 30.5 Å². The Kier molecular flexibility index (Phi) is 2.33. The van der Waals surface area contributed by atoms with E-state index in [2.05, 4.69) is 26.7 Å². The summed E-state index contributed by atoms with van der Waals surface area (Å²) < 4.78 is 0. The van der Waals surface area contributed by atoms with Gasteiger partial charge in [-0.1, -0.05) is 25.7 Å². The van der Waals surface area contributed by atoms with E-state index in [0.29, 0.717) is 17.8 Å². The summed E-state index contributed by atoms with van der Waals surface area (Å²) in [5.74, 6) is 1.32. The Morgan fingerprint density at radius 2 is 2.19 bits per heavy atom. The van der Waals surface area contributed by atoms with Gasteiger partial charge in [0.15, 0.2) is 0 Å². The number of carbonyl (C=O) groups is 1. The molecule has 2 fully saturated rings. The van der Waals surface area contributed by atoms with Crippen LogP contribution in [0.2, 0.25) is 0 Å². The number of amides is 1. The molecule has 1 saturated carbocycles. The molecule has 0 bridgehead atoms. The summed E-state index contributed by atoms with van der Waals surface area (Å²) in [6.45, 7) is 16.5. The van der Waals surface area contributed by atoms with E-state index in [-0.39, 0.29) is 11.3 Å². The molecule has 86 valence electrons. The molecular formula is C14H19NO. The third kappa shape index (κ3) is 1.05. The molecule has 16 heavy (non-hydrogen) atoms. The highest BCUT2D eigenvalue weighted by molar-refractivity contribution is 5.76. The van der Waals surface area contributed by atoms with Crippen LogP contribution in [0.25, 0.3) is 0 Å². The largest absolute Gasteiger partial charge is 0.316 e. The lowest BCUT2D eigenvalue weighted by atomic mass is 9.48. The Balaban J connectivity index is 2.39. The van der Waals surface area contributed by atoms with Crippen molar-refractivity contribution in [2.75, 3.05) is 6.54 Å². The van der Waals surface area contributed by atoms with Gasteiger partial charge in [-0.25, -0.2) is 0 Å². The zero-order valence-corrected chi connectivity index (χ0v) is 10.1. The summed E-state index contributed by atoms with van der Waals surface area (Å²) in [7, 11) is 0. The first-order chi connectivity index (χ1) is 7.49. The molecule has 0 aromatic carbocycles. The molecular weight excluding hydrogens is 198 g/mol. The van der Waals surface area contributed by atoms with Crippen LogP contribution in [-0.4, -0.2) is 17.4 Å². The average Bonchev–Trinajstić information content (AvgIpc) is 2.50. The van der Waals surface area contributed by atoms with Crippen LogP contribution in [-0.2, 0) is 4.79 Å². The summed E-state index contributed by atoms with van der Waals surface area (Å²) in [5, 5.41) is 0. The second-order valence-corrected chi connectivity index (χ2v) is 4.99. The Morgan fingerprint density at radius 1 is 1.56 bits per heavy atom. The highest BCUT2D eigenvalue weighted by Crippen LogP contribution is 2.64. The maximum absolute atomic E-state index is 11.5. The van der Waals surface area contributed by atoms with Gasteiger partial charge in [-0.15, -0.1) is 13.2 Å². The minimum absolute atomic E-state index is 0.0294. The van der Waals surface area contributed by atoms with Crippen LogP contribution in [0.3, 0.4) is 0 Å². The minimum atomic E-state index is 0.0294. The zero-order chi connectivity index (χ0) is 12.1. The number of fused-ring (bicyclic) bond motifs is 1. The topological polar surface area (TPSA) is 20.3 Å². The highest BCUT2D eigenvalue weighted by atomic mass is 16.2. The van der Waals surface area contributed by atoms with Crippen molar-refractivity contribution in [1.82, 2.24) is 4.90 Å². The van der Waals surface area contributed by atoms with Crippen molar-refractivity contribution in [3.63, 3.8) is 0 Å². The van der Waals surface area contributed by atoms with E-state index >= 15 is 0 Å². The summed E-state index contributed by atoms with van der Waals surface area (Å²) >= 11 is 0. The number of hydrogen-bond donors (Lipinski definition) is 0. The molecule has 2 nitrogen and oxygen atoms in total. The molecule has 0 aromatic heterocycles. The maximum Gasteiger partial charge on any atom is 0.223 e. The van der Waals surface area contributed by atoms with Crippen molar-refractivity contribution >= 4 is 5.91 Å². The molecule has 0 radical (unpaired) electrons. The molecule has 1 saturated heterocycles. The van der Waals surface area contributed by atoms with Gasteiger partial charge in [-0.2, -0.15) is 0 Å². The van der Waals surface area contributed by atoms with E-state index in [1.54, 1.807) is 11.8 Å². The van der Waals surface area contributed by atoms with Crippen molar-refractivity contribution in [3.05, 3.63) is 37.6 Å². The van der Waals surface area contributed by atoms with Gasteiger partial charge in [-0.05, 0) is 11.8 Å². The molecule has 2 heteroatoms. The monoisotopic (exact) mass is 217 g/mol. The Bertz CT molecular complexity index is 384. The average molecular weight is 217 g/mol. The van der Waals surface area contributed by atoms with Crippen LogP contribution in [0.4, 0.5) is 0 Å². The Labute approximate surface area is 97.3 Å². The highest BCUT2D eigenvalue weighted by Gasteiger charge is 2.63. The summed E-state index contributed by atoms with van der Waals surface area (Å²) in [5.41, 5.74) is 0.970. The first-order valence-electron chi connectivity index (χ1n) is 5.72. The Hall–Kier alpha value is -1.31. The van der Waals surface area contributed by atoms with Crippen LogP contribution >= 0.6 is 0 Å². The molecule has 1 aliphatic carbocycles. The van der Waals surface area contributed by atoms with E-state index in [0.717, 1.165) is 12.2 Å². The van der Waals surface area contributed by atoms with Crippen LogP contribution in [0.1, 0.15) is 13.8 Å². The lowest BCUT2D eigenvalue weighted by molar-refractivity contribution is -0.126. The molecule has 4 unspecified atom stereocenters. The predicted molar refractivity (Wildman–Crippen MR) is 65.5 cm³/mol. The second kappa shape index (κ2) is 3.34. The molecule has 4 atom stereocenters. The molecule has 0 spiro atoms. The fourth-order valence-corrected chi connectivity index (χ4v) is 3.52. The van der Waals surface area contributed by atoms with Crippen molar-refractivity contribution in [2.24, 2.45) is 23.2 Å². The standard InChI is InChI=1S/C14H19NO/c1-6-12-9(3)14(7-2)8-15(11(5)16)10(4)13(12)14/h6-7,9,12-13H,1-2,4,8H2,3,5H3. The molecule has 2 aliphatic rings. The van der Waals surface area contributed by atoms with Crippen LogP contribution in [0, 0.1) is 23.2 Å². The van der Waals surface area contributed by atoms with Gasteiger partial charge < -0.3 is 4.90 Å². The van der Waals surface area contributed by atoms with E-state index in [1.165, 1.54) is 0 Å². The molecule has 0 aromatic rings. The lowest BCUT2D eigenvalue weighted by Gasteiger charge is -2.54. The third-order valence-electron chi connectivity index (χ3n) is 4.56. The van der Waals surface area contributed by atoms with Crippen molar-refractivity contribution in [1.29, 1.82) is 0 Å².